The molecule has 1 N–H and O–H groups in total. The third-order valence-corrected chi connectivity index (χ3v) is 4.83. The molecule has 0 radical (unpaired) electrons. The highest BCUT2D eigenvalue weighted by molar-refractivity contribution is 6.02. The summed E-state index contributed by atoms with van der Waals surface area (Å²) in [6.07, 6.45) is 0. The summed E-state index contributed by atoms with van der Waals surface area (Å²) < 4.78 is 12.5. The highest BCUT2D eigenvalue weighted by Gasteiger charge is 2.20. The Bertz CT molecular complexity index is 1230. The van der Waals surface area contributed by atoms with Gasteiger partial charge in [0.25, 0.3) is 5.91 Å². The summed E-state index contributed by atoms with van der Waals surface area (Å²) in [5, 5.41) is 7.36. The summed E-state index contributed by atoms with van der Waals surface area (Å²) >= 11 is 0. The van der Waals surface area contributed by atoms with Crippen LogP contribution in [0.5, 0.6) is 11.5 Å². The van der Waals surface area contributed by atoms with Crippen LogP contribution in [0.15, 0.2) is 72.8 Å². The normalized spacial score (nSPS) is 10.6. The van der Waals surface area contributed by atoms with Gasteiger partial charge in [-0.25, -0.2) is 9.67 Å². The van der Waals surface area contributed by atoms with E-state index >= 15 is 0 Å². The molecule has 0 aliphatic carbocycles. The molecule has 0 unspecified atom stereocenters. The Labute approximate surface area is 186 Å². The number of ether oxygens (including phenoxy) is 2. The van der Waals surface area contributed by atoms with E-state index < -0.39 is 5.91 Å². The van der Waals surface area contributed by atoms with Crippen LogP contribution in [-0.4, -0.2) is 34.4 Å². The van der Waals surface area contributed by atoms with Crippen molar-refractivity contribution in [3.05, 3.63) is 84.2 Å². The minimum Gasteiger partial charge on any atom is -0.495 e. The Balaban J connectivity index is 1.74. The van der Waals surface area contributed by atoms with E-state index in [4.69, 9.17) is 9.47 Å². The van der Waals surface area contributed by atoms with Gasteiger partial charge in [-0.05, 0) is 56.3 Å². The van der Waals surface area contributed by atoms with Crippen LogP contribution < -0.4 is 14.8 Å². The number of anilines is 1. The molecule has 7 heteroatoms. The Morgan fingerprint density at radius 1 is 1.03 bits per heavy atom. The lowest BCUT2D eigenvalue weighted by molar-refractivity contribution is 0.101. The largest absolute Gasteiger partial charge is 0.495 e. The van der Waals surface area contributed by atoms with Gasteiger partial charge in [0.15, 0.2) is 5.82 Å². The standard InChI is InChI=1S/C25H24N4O3/c1-4-32-20-14-12-19(13-15-20)29-24(18-9-7-8-17(2)16-18)27-23(28-29)25(30)26-21-10-5-6-11-22(21)31-3/h5-16H,4H2,1-3H3,(H,26,30). The zero-order chi connectivity index (χ0) is 22.5. The van der Waals surface area contributed by atoms with Crippen molar-refractivity contribution in [3.63, 3.8) is 0 Å². The molecular weight excluding hydrogens is 404 g/mol. The van der Waals surface area contributed by atoms with Crippen molar-refractivity contribution in [3.8, 4) is 28.6 Å². The van der Waals surface area contributed by atoms with Crippen LogP contribution in [0.1, 0.15) is 23.1 Å². The number of carbonyl (C=O) groups is 1. The van der Waals surface area contributed by atoms with E-state index in [1.165, 1.54) is 0 Å². The molecule has 3 aromatic carbocycles. The van der Waals surface area contributed by atoms with Crippen molar-refractivity contribution >= 4 is 11.6 Å². The summed E-state index contributed by atoms with van der Waals surface area (Å²) in [4.78, 5) is 17.6. The monoisotopic (exact) mass is 428 g/mol. The first kappa shape index (κ1) is 21.1. The molecule has 4 rings (SSSR count). The maximum Gasteiger partial charge on any atom is 0.295 e. The highest BCUT2D eigenvalue weighted by Crippen LogP contribution is 2.26. The van der Waals surface area contributed by atoms with E-state index in [-0.39, 0.29) is 5.82 Å². The number of nitrogens with one attached hydrogen (secondary N) is 1. The number of hydrogen-bond acceptors (Lipinski definition) is 5. The molecule has 0 saturated heterocycles. The van der Waals surface area contributed by atoms with Gasteiger partial charge in [-0.3, -0.25) is 4.79 Å². The SMILES string of the molecule is CCOc1ccc(-n2nc(C(=O)Nc3ccccc3OC)nc2-c2cccc(C)c2)cc1. The van der Waals surface area contributed by atoms with Crippen LogP contribution in [-0.2, 0) is 0 Å². The van der Waals surface area contributed by atoms with Gasteiger partial charge in [0, 0.05) is 5.56 Å². The van der Waals surface area contributed by atoms with Gasteiger partial charge >= 0.3 is 0 Å². The first-order valence-corrected chi connectivity index (χ1v) is 10.3. The maximum absolute atomic E-state index is 13.0. The zero-order valence-electron chi connectivity index (χ0n) is 18.2. The van der Waals surface area contributed by atoms with Crippen LogP contribution in [0, 0.1) is 6.92 Å². The van der Waals surface area contributed by atoms with Crippen LogP contribution in [0.2, 0.25) is 0 Å². The predicted molar refractivity (Wildman–Crippen MR) is 124 cm³/mol. The molecule has 4 aromatic rings. The van der Waals surface area contributed by atoms with Gasteiger partial charge in [0.05, 0.1) is 25.1 Å². The predicted octanol–water partition coefficient (Wildman–Crippen LogP) is 4.90. The number of nitrogens with zero attached hydrogens (tertiary/aromatic N) is 3. The summed E-state index contributed by atoms with van der Waals surface area (Å²) in [6.45, 7) is 4.54. The first-order chi connectivity index (χ1) is 15.6. The second-order valence-electron chi connectivity index (χ2n) is 7.12. The summed E-state index contributed by atoms with van der Waals surface area (Å²) in [5.41, 5.74) is 3.27. The number of para-hydroxylation sites is 2. The number of rotatable bonds is 7. The average Bonchev–Trinajstić information content (AvgIpc) is 3.26. The lowest BCUT2D eigenvalue weighted by Gasteiger charge is -2.08. The van der Waals surface area contributed by atoms with E-state index in [2.05, 4.69) is 15.4 Å². The highest BCUT2D eigenvalue weighted by atomic mass is 16.5. The van der Waals surface area contributed by atoms with Gasteiger partial charge in [-0.1, -0.05) is 35.9 Å². The Hall–Kier alpha value is -4.13. The molecule has 0 atom stereocenters. The van der Waals surface area contributed by atoms with Crippen molar-refractivity contribution in [1.82, 2.24) is 14.8 Å². The molecule has 0 aliphatic rings. The third-order valence-electron chi connectivity index (χ3n) is 4.83. The van der Waals surface area contributed by atoms with Crippen molar-refractivity contribution in [2.45, 2.75) is 13.8 Å². The molecule has 7 nitrogen and oxygen atoms in total. The molecule has 0 bridgehead atoms. The van der Waals surface area contributed by atoms with Gasteiger partial charge in [0.2, 0.25) is 5.82 Å². The van der Waals surface area contributed by atoms with Crippen LogP contribution in [0.25, 0.3) is 17.1 Å². The van der Waals surface area contributed by atoms with Gasteiger partial charge in [-0.2, -0.15) is 0 Å². The van der Waals surface area contributed by atoms with Gasteiger partial charge in [0.1, 0.15) is 11.5 Å². The quantitative estimate of drug-likeness (QED) is 0.453. The van der Waals surface area contributed by atoms with Crippen LogP contribution in [0.3, 0.4) is 0 Å². The summed E-state index contributed by atoms with van der Waals surface area (Å²) in [6, 6.07) is 22.6. The molecule has 1 amide bonds. The second kappa shape index (κ2) is 9.34. The fourth-order valence-electron chi connectivity index (χ4n) is 3.34. The molecular formula is C25H24N4O3. The van der Waals surface area contributed by atoms with E-state index in [1.54, 1.807) is 23.9 Å². The van der Waals surface area contributed by atoms with Crippen LogP contribution >= 0.6 is 0 Å². The molecule has 1 heterocycles. The summed E-state index contributed by atoms with van der Waals surface area (Å²) in [5.74, 6) is 1.53. The number of aryl methyl sites for hydroxylation is 1. The number of hydrogen-bond donors (Lipinski definition) is 1. The Kier molecular flexibility index (Phi) is 6.17. The number of amides is 1. The fourth-order valence-corrected chi connectivity index (χ4v) is 3.34. The van der Waals surface area contributed by atoms with E-state index in [1.807, 2.05) is 74.5 Å². The molecule has 0 spiro atoms. The van der Waals surface area contributed by atoms with Crippen molar-refractivity contribution in [2.75, 3.05) is 19.0 Å². The number of carbonyl (C=O) groups excluding carboxylic acids is 1. The first-order valence-electron chi connectivity index (χ1n) is 10.3. The lowest BCUT2D eigenvalue weighted by Crippen LogP contribution is -2.15. The van der Waals surface area contributed by atoms with E-state index in [0.29, 0.717) is 23.9 Å². The smallest absolute Gasteiger partial charge is 0.295 e. The van der Waals surface area contributed by atoms with Crippen molar-refractivity contribution < 1.29 is 14.3 Å². The topological polar surface area (TPSA) is 78.3 Å². The number of benzene rings is 3. The molecule has 0 saturated carbocycles. The molecule has 32 heavy (non-hydrogen) atoms. The number of aromatic nitrogens is 3. The molecule has 0 aliphatic heterocycles. The lowest BCUT2D eigenvalue weighted by atomic mass is 10.1. The van der Waals surface area contributed by atoms with E-state index in [9.17, 15) is 4.79 Å². The second-order valence-corrected chi connectivity index (χ2v) is 7.12. The van der Waals surface area contributed by atoms with Crippen molar-refractivity contribution in [2.24, 2.45) is 0 Å². The fraction of sp³-hybridized carbons (Fsp3) is 0.160. The summed E-state index contributed by atoms with van der Waals surface area (Å²) in [7, 11) is 1.56. The molecule has 0 fully saturated rings. The van der Waals surface area contributed by atoms with Crippen molar-refractivity contribution in [1.29, 1.82) is 0 Å². The minimum atomic E-state index is -0.423. The molecule has 1 aromatic heterocycles. The van der Waals surface area contributed by atoms with Gasteiger partial charge < -0.3 is 14.8 Å². The minimum absolute atomic E-state index is 0.0568. The van der Waals surface area contributed by atoms with E-state index in [0.717, 1.165) is 22.6 Å². The Morgan fingerprint density at radius 3 is 2.53 bits per heavy atom. The number of methoxy groups -OCH3 is 1. The average molecular weight is 428 g/mol. The third kappa shape index (κ3) is 4.46. The molecule has 162 valence electrons. The Morgan fingerprint density at radius 2 is 1.81 bits per heavy atom. The zero-order valence-corrected chi connectivity index (χ0v) is 18.2. The van der Waals surface area contributed by atoms with Gasteiger partial charge in [-0.15, -0.1) is 5.10 Å². The maximum atomic E-state index is 13.0. The van der Waals surface area contributed by atoms with Crippen LogP contribution in [0.4, 0.5) is 5.69 Å².